The van der Waals surface area contributed by atoms with Crippen molar-refractivity contribution >= 4 is 17.5 Å². The molecule has 1 atom stereocenters. The fourth-order valence-electron chi connectivity index (χ4n) is 5.59. The first kappa shape index (κ1) is 27.4. The fraction of sp³-hybridized carbons (Fsp3) is 0.533. The molecular weight excluding hydrogens is 494 g/mol. The second-order valence-electron chi connectivity index (χ2n) is 10.8. The molecule has 9 nitrogen and oxygen atoms in total. The molecule has 3 fully saturated rings. The third-order valence-electron chi connectivity index (χ3n) is 7.79. The Bertz CT molecular complexity index is 1100. The SMILES string of the molecule is CN(Cc1cccc(OCCN2CCN(C(=O)c3ccc(N4CCOCC4)cc3)CC2)c1)C[C@H]1CCC(=O)N1. The average Bonchev–Trinajstić information content (AvgIpc) is 3.38. The Morgan fingerprint density at radius 2 is 1.82 bits per heavy atom. The Labute approximate surface area is 231 Å². The van der Waals surface area contributed by atoms with Gasteiger partial charge in [0.05, 0.1) is 13.2 Å². The average molecular weight is 536 g/mol. The van der Waals surface area contributed by atoms with Crippen LogP contribution in [0.1, 0.15) is 28.8 Å². The lowest BCUT2D eigenvalue weighted by molar-refractivity contribution is -0.119. The van der Waals surface area contributed by atoms with E-state index in [-0.39, 0.29) is 17.9 Å². The van der Waals surface area contributed by atoms with Crippen molar-refractivity contribution in [3.8, 4) is 5.75 Å². The zero-order chi connectivity index (χ0) is 27.0. The molecule has 3 heterocycles. The monoisotopic (exact) mass is 535 g/mol. The number of hydrogen-bond acceptors (Lipinski definition) is 7. The predicted molar refractivity (Wildman–Crippen MR) is 151 cm³/mol. The van der Waals surface area contributed by atoms with Crippen LogP contribution in [-0.2, 0) is 16.1 Å². The van der Waals surface area contributed by atoms with Crippen molar-refractivity contribution in [3.63, 3.8) is 0 Å². The van der Waals surface area contributed by atoms with Gasteiger partial charge in [-0.1, -0.05) is 12.1 Å². The van der Waals surface area contributed by atoms with Crippen molar-refractivity contribution in [1.82, 2.24) is 20.0 Å². The molecule has 0 unspecified atom stereocenters. The molecule has 3 aliphatic heterocycles. The van der Waals surface area contributed by atoms with Crippen molar-refractivity contribution in [2.75, 3.05) is 84.1 Å². The minimum absolute atomic E-state index is 0.108. The highest BCUT2D eigenvalue weighted by atomic mass is 16.5. The first-order valence-corrected chi connectivity index (χ1v) is 14.2. The van der Waals surface area contributed by atoms with E-state index in [4.69, 9.17) is 9.47 Å². The molecule has 0 spiro atoms. The van der Waals surface area contributed by atoms with Gasteiger partial charge in [-0.15, -0.1) is 0 Å². The molecule has 5 rings (SSSR count). The number of likely N-dealkylation sites (N-methyl/N-ethyl adjacent to an activating group) is 1. The number of anilines is 1. The summed E-state index contributed by atoms with van der Waals surface area (Å²) in [6.45, 7) is 9.57. The van der Waals surface area contributed by atoms with E-state index >= 15 is 0 Å². The number of benzene rings is 2. The fourth-order valence-corrected chi connectivity index (χ4v) is 5.59. The standard InChI is InChI=1S/C30H41N5O4/c1-32(23-26-7-10-29(36)31-26)22-24-3-2-4-28(21-24)39-20-15-33-11-13-35(14-12-33)30(37)25-5-8-27(9-6-25)34-16-18-38-19-17-34/h2-6,8-9,21,26H,7,10-20,22-23H2,1H3,(H,31,36)/t26-/m1/s1. The summed E-state index contributed by atoms with van der Waals surface area (Å²) >= 11 is 0. The zero-order valence-corrected chi connectivity index (χ0v) is 23.0. The molecule has 3 aliphatic rings. The Morgan fingerprint density at radius 1 is 1.05 bits per heavy atom. The Hall–Kier alpha value is -3.14. The van der Waals surface area contributed by atoms with Crippen molar-refractivity contribution in [3.05, 3.63) is 59.7 Å². The second kappa shape index (κ2) is 13.3. The van der Waals surface area contributed by atoms with E-state index in [1.165, 1.54) is 5.56 Å². The van der Waals surface area contributed by atoms with Gasteiger partial charge in [0, 0.05) is 82.6 Å². The van der Waals surface area contributed by atoms with Gasteiger partial charge in [-0.3, -0.25) is 14.5 Å². The van der Waals surface area contributed by atoms with Crippen LogP contribution in [0.4, 0.5) is 5.69 Å². The van der Waals surface area contributed by atoms with E-state index in [0.29, 0.717) is 13.0 Å². The summed E-state index contributed by atoms with van der Waals surface area (Å²) in [4.78, 5) is 33.3. The number of amides is 2. The van der Waals surface area contributed by atoms with Crippen LogP contribution >= 0.6 is 0 Å². The number of ether oxygens (including phenoxy) is 2. The highest BCUT2D eigenvalue weighted by molar-refractivity contribution is 5.94. The van der Waals surface area contributed by atoms with Crippen LogP contribution in [-0.4, -0.2) is 112 Å². The molecular formula is C30H41N5O4. The molecule has 39 heavy (non-hydrogen) atoms. The van der Waals surface area contributed by atoms with Crippen molar-refractivity contribution in [2.45, 2.75) is 25.4 Å². The molecule has 2 amide bonds. The molecule has 2 aromatic rings. The molecule has 0 radical (unpaired) electrons. The lowest BCUT2D eigenvalue weighted by Gasteiger charge is -2.34. The quantitative estimate of drug-likeness (QED) is 0.499. The number of carbonyl (C=O) groups excluding carboxylic acids is 2. The van der Waals surface area contributed by atoms with Crippen molar-refractivity contribution in [2.24, 2.45) is 0 Å². The van der Waals surface area contributed by atoms with Gasteiger partial charge in [0.25, 0.3) is 5.91 Å². The van der Waals surface area contributed by atoms with Crippen LogP contribution in [0.2, 0.25) is 0 Å². The third-order valence-corrected chi connectivity index (χ3v) is 7.79. The summed E-state index contributed by atoms with van der Waals surface area (Å²) in [5.74, 6) is 1.15. The maximum absolute atomic E-state index is 13.0. The molecule has 0 saturated carbocycles. The summed E-state index contributed by atoms with van der Waals surface area (Å²) in [5.41, 5.74) is 3.10. The largest absolute Gasteiger partial charge is 0.492 e. The predicted octanol–water partition coefficient (Wildman–Crippen LogP) is 2.07. The molecule has 0 bridgehead atoms. The van der Waals surface area contributed by atoms with Gasteiger partial charge in [0.15, 0.2) is 0 Å². The van der Waals surface area contributed by atoms with Gasteiger partial charge in [0.2, 0.25) is 5.91 Å². The maximum Gasteiger partial charge on any atom is 0.253 e. The molecule has 1 N–H and O–H groups in total. The number of nitrogens with zero attached hydrogens (tertiary/aromatic N) is 4. The van der Waals surface area contributed by atoms with Gasteiger partial charge >= 0.3 is 0 Å². The number of rotatable bonds is 10. The molecule has 0 aromatic heterocycles. The van der Waals surface area contributed by atoms with Crippen LogP contribution in [0.15, 0.2) is 48.5 Å². The number of nitrogens with one attached hydrogen (secondary N) is 1. The van der Waals surface area contributed by atoms with Gasteiger partial charge in [-0.2, -0.15) is 0 Å². The van der Waals surface area contributed by atoms with Crippen LogP contribution < -0.4 is 15.0 Å². The molecule has 210 valence electrons. The van der Waals surface area contributed by atoms with Crippen molar-refractivity contribution < 1.29 is 19.1 Å². The number of hydrogen-bond donors (Lipinski definition) is 1. The first-order valence-electron chi connectivity index (χ1n) is 14.2. The molecule has 3 saturated heterocycles. The zero-order valence-electron chi connectivity index (χ0n) is 23.0. The molecule has 0 aliphatic carbocycles. The minimum atomic E-state index is 0.108. The number of morpholine rings is 1. The molecule has 9 heteroatoms. The van der Waals surface area contributed by atoms with E-state index in [1.54, 1.807) is 0 Å². The van der Waals surface area contributed by atoms with Crippen molar-refractivity contribution in [1.29, 1.82) is 0 Å². The Kier molecular flexibility index (Phi) is 9.34. The number of piperazine rings is 1. The Morgan fingerprint density at radius 3 is 2.54 bits per heavy atom. The van der Waals surface area contributed by atoms with Crippen LogP contribution in [0.5, 0.6) is 5.75 Å². The summed E-state index contributed by atoms with van der Waals surface area (Å²) in [6.07, 6.45) is 1.55. The summed E-state index contributed by atoms with van der Waals surface area (Å²) in [5, 5.41) is 3.03. The van der Waals surface area contributed by atoms with E-state index in [9.17, 15) is 9.59 Å². The van der Waals surface area contributed by atoms with Crippen LogP contribution in [0.25, 0.3) is 0 Å². The van der Waals surface area contributed by atoms with Gasteiger partial charge in [0.1, 0.15) is 12.4 Å². The number of carbonyl (C=O) groups is 2. The van der Waals surface area contributed by atoms with Crippen LogP contribution in [0.3, 0.4) is 0 Å². The lowest BCUT2D eigenvalue weighted by atomic mass is 10.1. The normalized spacial score (nSPS) is 20.4. The van der Waals surface area contributed by atoms with E-state index in [0.717, 1.165) is 95.5 Å². The van der Waals surface area contributed by atoms with Gasteiger partial charge < -0.3 is 29.5 Å². The highest BCUT2D eigenvalue weighted by Crippen LogP contribution is 2.19. The van der Waals surface area contributed by atoms with Crippen LogP contribution in [0, 0.1) is 0 Å². The smallest absolute Gasteiger partial charge is 0.253 e. The first-order chi connectivity index (χ1) is 19.0. The maximum atomic E-state index is 13.0. The third kappa shape index (κ3) is 7.71. The van der Waals surface area contributed by atoms with E-state index in [2.05, 4.69) is 39.2 Å². The lowest BCUT2D eigenvalue weighted by Crippen LogP contribution is -2.49. The van der Waals surface area contributed by atoms with Gasteiger partial charge in [-0.25, -0.2) is 0 Å². The minimum Gasteiger partial charge on any atom is -0.492 e. The second-order valence-corrected chi connectivity index (χ2v) is 10.8. The van der Waals surface area contributed by atoms with E-state index < -0.39 is 0 Å². The summed E-state index contributed by atoms with van der Waals surface area (Å²) in [7, 11) is 2.09. The summed E-state index contributed by atoms with van der Waals surface area (Å²) in [6, 6.07) is 16.5. The highest BCUT2D eigenvalue weighted by Gasteiger charge is 2.23. The topological polar surface area (TPSA) is 77.6 Å². The Balaban J connectivity index is 1.01. The molecule has 2 aromatic carbocycles. The summed E-state index contributed by atoms with van der Waals surface area (Å²) < 4.78 is 11.5. The van der Waals surface area contributed by atoms with E-state index in [1.807, 2.05) is 41.3 Å². The van der Waals surface area contributed by atoms with Gasteiger partial charge in [-0.05, 0) is 55.4 Å².